The van der Waals surface area contributed by atoms with Gasteiger partial charge >= 0.3 is 0 Å². The molecule has 0 spiro atoms. The second-order valence-electron chi connectivity index (χ2n) is 7.90. The van der Waals surface area contributed by atoms with Gasteiger partial charge in [-0.25, -0.2) is 8.42 Å². The minimum Gasteiger partial charge on any atom is -0.494 e. The summed E-state index contributed by atoms with van der Waals surface area (Å²) in [4.78, 5) is 2.04. The number of benzene rings is 2. The van der Waals surface area contributed by atoms with E-state index in [2.05, 4.69) is 6.92 Å². The highest BCUT2D eigenvalue weighted by atomic mass is 35.5. The predicted octanol–water partition coefficient (Wildman–Crippen LogP) is 3.56. The van der Waals surface area contributed by atoms with E-state index in [4.69, 9.17) is 21.1 Å². The van der Waals surface area contributed by atoms with Crippen LogP contribution < -0.4 is 9.47 Å². The van der Waals surface area contributed by atoms with Gasteiger partial charge in [0, 0.05) is 24.2 Å². The summed E-state index contributed by atoms with van der Waals surface area (Å²) >= 11 is 5.88. The van der Waals surface area contributed by atoms with Gasteiger partial charge in [-0.05, 0) is 54.8 Å². The van der Waals surface area contributed by atoms with Crippen molar-refractivity contribution in [3.05, 3.63) is 59.1 Å². The molecule has 0 bridgehead atoms. The molecule has 1 fully saturated rings. The molecule has 1 aliphatic heterocycles. The molecular weight excluding hydrogens is 438 g/mol. The third-order valence-corrected chi connectivity index (χ3v) is 7.21. The lowest BCUT2D eigenvalue weighted by atomic mass is 10.1. The number of halogens is 1. The fourth-order valence-corrected chi connectivity index (χ4v) is 5.49. The molecule has 0 saturated carbocycles. The van der Waals surface area contributed by atoms with Gasteiger partial charge in [-0.3, -0.25) is 4.90 Å². The van der Waals surface area contributed by atoms with Crippen molar-refractivity contribution in [1.82, 2.24) is 4.90 Å². The molecule has 170 valence electrons. The summed E-state index contributed by atoms with van der Waals surface area (Å²) < 4.78 is 35.3. The highest BCUT2D eigenvalue weighted by Crippen LogP contribution is 2.22. The Morgan fingerprint density at radius 2 is 1.74 bits per heavy atom. The summed E-state index contributed by atoms with van der Waals surface area (Å²) in [5.74, 6) is 1.75. The Balaban J connectivity index is 1.62. The van der Waals surface area contributed by atoms with Crippen LogP contribution in [0.5, 0.6) is 11.5 Å². The Hall–Kier alpha value is -1.80. The van der Waals surface area contributed by atoms with E-state index in [1.54, 1.807) is 24.3 Å². The lowest BCUT2D eigenvalue weighted by molar-refractivity contribution is 0.0524. The van der Waals surface area contributed by atoms with Crippen molar-refractivity contribution >= 4 is 21.4 Å². The molecule has 1 aliphatic rings. The zero-order chi connectivity index (χ0) is 22.3. The van der Waals surface area contributed by atoms with Crippen LogP contribution >= 0.6 is 11.6 Å². The number of aliphatic hydroxyl groups excluding tert-OH is 1. The molecule has 0 aliphatic carbocycles. The molecule has 2 atom stereocenters. The third kappa shape index (κ3) is 7.68. The smallest absolute Gasteiger partial charge is 0.151 e. The third-order valence-electron chi connectivity index (χ3n) is 5.21. The maximum absolute atomic E-state index is 12.0. The van der Waals surface area contributed by atoms with E-state index in [9.17, 15) is 13.5 Å². The van der Waals surface area contributed by atoms with Crippen molar-refractivity contribution in [2.24, 2.45) is 0 Å². The van der Waals surface area contributed by atoms with Crippen molar-refractivity contribution in [2.75, 3.05) is 31.3 Å². The average molecular weight is 468 g/mol. The van der Waals surface area contributed by atoms with Crippen LogP contribution in [0.2, 0.25) is 5.02 Å². The molecule has 0 radical (unpaired) electrons. The first-order valence-electron chi connectivity index (χ1n) is 10.6. The minimum absolute atomic E-state index is 0.112. The van der Waals surface area contributed by atoms with Crippen LogP contribution in [0.25, 0.3) is 0 Å². The van der Waals surface area contributed by atoms with Crippen molar-refractivity contribution in [3.8, 4) is 11.5 Å². The number of hydrogen-bond acceptors (Lipinski definition) is 6. The molecular formula is C23H30ClNO5S. The standard InChI is InChI=1S/C23H30ClNO5S/c1-2-12-29-22-7-3-18(4-8-22)14-25(20-11-13-31(27,28)17-20)15-21(26)16-30-23-9-5-19(24)6-10-23/h3-10,20-21,26H,2,11-17H2,1H3. The zero-order valence-corrected chi connectivity index (χ0v) is 19.3. The Kier molecular flexibility index (Phi) is 8.60. The fraction of sp³-hybridized carbons (Fsp3) is 0.478. The molecule has 1 saturated heterocycles. The Morgan fingerprint density at radius 1 is 1.10 bits per heavy atom. The molecule has 6 nitrogen and oxygen atoms in total. The molecule has 2 aromatic rings. The van der Waals surface area contributed by atoms with Crippen LogP contribution in [0.4, 0.5) is 0 Å². The molecule has 1 N–H and O–H groups in total. The van der Waals surface area contributed by atoms with Crippen molar-refractivity contribution in [1.29, 1.82) is 0 Å². The monoisotopic (exact) mass is 467 g/mol. The van der Waals surface area contributed by atoms with E-state index in [-0.39, 0.29) is 24.2 Å². The summed E-state index contributed by atoms with van der Waals surface area (Å²) in [5.41, 5.74) is 1.04. The van der Waals surface area contributed by atoms with E-state index >= 15 is 0 Å². The number of ether oxygens (including phenoxy) is 2. The number of sulfone groups is 1. The molecule has 2 unspecified atom stereocenters. The predicted molar refractivity (Wildman–Crippen MR) is 123 cm³/mol. The summed E-state index contributed by atoms with van der Waals surface area (Å²) in [5, 5.41) is 11.2. The first-order chi connectivity index (χ1) is 14.8. The van der Waals surface area contributed by atoms with E-state index in [0.717, 1.165) is 17.7 Å². The quantitative estimate of drug-likeness (QED) is 0.544. The van der Waals surface area contributed by atoms with Crippen molar-refractivity contribution < 1.29 is 23.0 Å². The number of hydrogen-bond donors (Lipinski definition) is 1. The lowest BCUT2D eigenvalue weighted by Crippen LogP contribution is -2.42. The second kappa shape index (κ2) is 11.2. The molecule has 31 heavy (non-hydrogen) atoms. The van der Waals surface area contributed by atoms with Gasteiger partial charge in [0.1, 0.15) is 24.2 Å². The lowest BCUT2D eigenvalue weighted by Gasteiger charge is -2.30. The number of nitrogens with zero attached hydrogens (tertiary/aromatic N) is 1. The van der Waals surface area contributed by atoms with Gasteiger partial charge in [-0.1, -0.05) is 30.7 Å². The SMILES string of the molecule is CCCOc1ccc(CN(CC(O)COc2ccc(Cl)cc2)C2CCS(=O)(=O)C2)cc1. The van der Waals surface area contributed by atoms with Crippen molar-refractivity contribution in [3.63, 3.8) is 0 Å². The molecule has 0 aromatic heterocycles. The first kappa shape index (κ1) is 23.9. The molecule has 2 aromatic carbocycles. The van der Waals surface area contributed by atoms with Crippen molar-refractivity contribution in [2.45, 2.75) is 38.5 Å². The number of rotatable bonds is 11. The Morgan fingerprint density at radius 3 is 2.35 bits per heavy atom. The van der Waals surface area contributed by atoms with Gasteiger partial charge in [0.05, 0.1) is 18.1 Å². The van der Waals surface area contributed by atoms with E-state index < -0.39 is 15.9 Å². The zero-order valence-electron chi connectivity index (χ0n) is 17.7. The Bertz CT molecular complexity index is 918. The van der Waals surface area contributed by atoms with Gasteiger partial charge < -0.3 is 14.6 Å². The van der Waals surface area contributed by atoms with E-state index in [0.29, 0.717) is 36.9 Å². The Labute approximate surface area is 189 Å². The second-order valence-corrected chi connectivity index (χ2v) is 10.6. The summed E-state index contributed by atoms with van der Waals surface area (Å²) in [7, 11) is -3.03. The van der Waals surface area contributed by atoms with E-state index in [1.807, 2.05) is 29.2 Å². The van der Waals surface area contributed by atoms with Crippen LogP contribution in [0, 0.1) is 0 Å². The summed E-state index contributed by atoms with van der Waals surface area (Å²) in [6.07, 6.45) is 0.762. The molecule has 0 amide bonds. The number of aliphatic hydroxyl groups is 1. The topological polar surface area (TPSA) is 76.1 Å². The largest absolute Gasteiger partial charge is 0.494 e. The highest BCUT2D eigenvalue weighted by Gasteiger charge is 2.33. The minimum atomic E-state index is -3.03. The maximum atomic E-state index is 12.0. The normalized spacial score (nSPS) is 18.8. The van der Waals surface area contributed by atoms with Crippen LogP contribution in [0.15, 0.2) is 48.5 Å². The van der Waals surface area contributed by atoms with Gasteiger partial charge in [0.15, 0.2) is 9.84 Å². The maximum Gasteiger partial charge on any atom is 0.151 e. The van der Waals surface area contributed by atoms with Crippen LogP contribution in [0.3, 0.4) is 0 Å². The molecule has 8 heteroatoms. The van der Waals surface area contributed by atoms with Gasteiger partial charge in [0.25, 0.3) is 0 Å². The highest BCUT2D eigenvalue weighted by molar-refractivity contribution is 7.91. The van der Waals surface area contributed by atoms with Crippen LogP contribution in [-0.4, -0.2) is 61.8 Å². The summed E-state index contributed by atoms with van der Waals surface area (Å²) in [6.45, 7) is 3.71. The summed E-state index contributed by atoms with van der Waals surface area (Å²) in [6, 6.07) is 14.7. The van der Waals surface area contributed by atoms with Crippen LogP contribution in [-0.2, 0) is 16.4 Å². The molecule has 1 heterocycles. The van der Waals surface area contributed by atoms with Gasteiger partial charge in [0.2, 0.25) is 0 Å². The average Bonchev–Trinajstić information content (AvgIpc) is 3.12. The van der Waals surface area contributed by atoms with Gasteiger partial charge in [-0.2, -0.15) is 0 Å². The first-order valence-corrected chi connectivity index (χ1v) is 12.8. The van der Waals surface area contributed by atoms with Gasteiger partial charge in [-0.15, -0.1) is 0 Å². The van der Waals surface area contributed by atoms with E-state index in [1.165, 1.54) is 0 Å². The molecule has 3 rings (SSSR count). The van der Waals surface area contributed by atoms with Crippen LogP contribution in [0.1, 0.15) is 25.3 Å². The fourth-order valence-electron chi connectivity index (χ4n) is 3.60.